The van der Waals surface area contributed by atoms with Gasteiger partial charge in [-0.05, 0) is 62.1 Å². The number of rotatable bonds is 14. The van der Waals surface area contributed by atoms with Gasteiger partial charge < -0.3 is 9.47 Å². The van der Waals surface area contributed by atoms with E-state index in [1.807, 2.05) is 43.3 Å². The molecule has 0 bridgehead atoms. The standard InChI is InChI=1S/C34H38O6/c1-24(32(37)39-29-11-7-5-8-12-29)15-20-31(36)25(2)27-18-16-26(17-19-27)23-28(35)21-22-34(3,4)33(38)40-30-13-9-6-10-14-30/h5-14,16-19,24-25H,15,20-23H2,1-4H3. The number of ether oxygens (including phenoxy) is 2. The van der Waals surface area contributed by atoms with Crippen molar-refractivity contribution < 1.29 is 28.7 Å². The number of para-hydroxylation sites is 2. The van der Waals surface area contributed by atoms with Crippen molar-refractivity contribution >= 4 is 23.5 Å². The molecule has 0 heterocycles. The Kier molecular flexibility index (Phi) is 10.9. The topological polar surface area (TPSA) is 86.7 Å². The fourth-order valence-corrected chi connectivity index (χ4v) is 4.11. The monoisotopic (exact) mass is 542 g/mol. The Morgan fingerprint density at radius 2 is 1.27 bits per heavy atom. The van der Waals surface area contributed by atoms with Gasteiger partial charge in [0.25, 0.3) is 0 Å². The molecule has 210 valence electrons. The quantitative estimate of drug-likeness (QED) is 0.163. The third-order valence-electron chi connectivity index (χ3n) is 7.09. The van der Waals surface area contributed by atoms with Crippen LogP contribution >= 0.6 is 0 Å². The molecule has 2 atom stereocenters. The zero-order valence-corrected chi connectivity index (χ0v) is 23.7. The van der Waals surface area contributed by atoms with Crippen LogP contribution in [0.4, 0.5) is 0 Å². The molecule has 6 heteroatoms. The zero-order valence-electron chi connectivity index (χ0n) is 23.7. The molecule has 0 spiro atoms. The molecule has 0 aromatic heterocycles. The van der Waals surface area contributed by atoms with Crippen molar-refractivity contribution in [3.05, 3.63) is 96.1 Å². The Bertz CT molecular complexity index is 1280. The summed E-state index contributed by atoms with van der Waals surface area (Å²) in [5.41, 5.74) is 0.932. The first-order valence-corrected chi connectivity index (χ1v) is 13.7. The predicted octanol–water partition coefficient (Wildman–Crippen LogP) is 6.90. The van der Waals surface area contributed by atoms with E-state index >= 15 is 0 Å². The summed E-state index contributed by atoms with van der Waals surface area (Å²) in [4.78, 5) is 50.3. The molecule has 0 N–H and O–H groups in total. The van der Waals surface area contributed by atoms with Crippen LogP contribution in [0.3, 0.4) is 0 Å². The third-order valence-corrected chi connectivity index (χ3v) is 7.09. The van der Waals surface area contributed by atoms with Gasteiger partial charge in [0.15, 0.2) is 0 Å². The van der Waals surface area contributed by atoms with Crippen molar-refractivity contribution in [3.63, 3.8) is 0 Å². The summed E-state index contributed by atoms with van der Waals surface area (Å²) in [6.45, 7) is 7.19. The summed E-state index contributed by atoms with van der Waals surface area (Å²) in [5.74, 6) is -0.365. The van der Waals surface area contributed by atoms with E-state index in [1.165, 1.54) is 0 Å². The van der Waals surface area contributed by atoms with E-state index in [2.05, 4.69) is 0 Å². The number of carbonyl (C=O) groups is 4. The Morgan fingerprint density at radius 1 is 0.725 bits per heavy atom. The van der Waals surface area contributed by atoms with E-state index < -0.39 is 11.3 Å². The van der Waals surface area contributed by atoms with Gasteiger partial charge in [-0.1, -0.05) is 74.5 Å². The molecule has 3 rings (SSSR count). The maximum absolute atomic E-state index is 12.8. The molecule has 40 heavy (non-hydrogen) atoms. The zero-order chi connectivity index (χ0) is 29.1. The molecular weight excluding hydrogens is 504 g/mol. The molecule has 6 nitrogen and oxygen atoms in total. The van der Waals surface area contributed by atoms with Crippen molar-refractivity contribution in [2.24, 2.45) is 11.3 Å². The number of carbonyl (C=O) groups excluding carboxylic acids is 4. The molecule has 0 saturated carbocycles. The van der Waals surface area contributed by atoms with E-state index in [9.17, 15) is 19.2 Å². The molecule has 0 fully saturated rings. The summed E-state index contributed by atoms with van der Waals surface area (Å²) in [6.07, 6.45) is 1.59. The van der Waals surface area contributed by atoms with Crippen LogP contribution in [0.1, 0.15) is 70.4 Å². The minimum absolute atomic E-state index is 0.0360. The minimum Gasteiger partial charge on any atom is -0.426 e. The van der Waals surface area contributed by atoms with Crippen LogP contribution in [0, 0.1) is 11.3 Å². The number of benzene rings is 3. The van der Waals surface area contributed by atoms with Gasteiger partial charge in [0.2, 0.25) is 0 Å². The Hall–Kier alpha value is -4.06. The van der Waals surface area contributed by atoms with Crippen LogP contribution in [-0.2, 0) is 25.6 Å². The van der Waals surface area contributed by atoms with Crippen LogP contribution in [0.2, 0.25) is 0 Å². The van der Waals surface area contributed by atoms with E-state index in [4.69, 9.17) is 9.47 Å². The Balaban J connectivity index is 1.43. The molecule has 0 radical (unpaired) electrons. The molecule has 0 amide bonds. The first-order chi connectivity index (χ1) is 19.0. The smallest absolute Gasteiger partial charge is 0.316 e. The fraction of sp³-hybridized carbons (Fsp3) is 0.353. The van der Waals surface area contributed by atoms with Crippen molar-refractivity contribution in [2.45, 2.75) is 65.7 Å². The SMILES string of the molecule is CC(CCC(=O)C(C)c1ccc(CC(=O)CCC(C)(C)C(=O)Oc2ccccc2)cc1)C(=O)Oc1ccccc1. The molecule has 3 aromatic rings. The van der Waals surface area contributed by atoms with Gasteiger partial charge in [-0.2, -0.15) is 0 Å². The lowest BCUT2D eigenvalue weighted by atomic mass is 9.86. The van der Waals surface area contributed by atoms with Crippen LogP contribution < -0.4 is 9.47 Å². The van der Waals surface area contributed by atoms with Crippen LogP contribution in [-0.4, -0.2) is 23.5 Å². The average Bonchev–Trinajstić information content (AvgIpc) is 2.95. The highest BCUT2D eigenvalue weighted by molar-refractivity contribution is 5.86. The van der Waals surface area contributed by atoms with Gasteiger partial charge >= 0.3 is 11.9 Å². The number of Topliss-reactive ketones (excluding diaryl/α,β-unsaturated/α-hetero) is 2. The second kappa shape index (κ2) is 14.4. The fourth-order valence-electron chi connectivity index (χ4n) is 4.11. The summed E-state index contributed by atoms with van der Waals surface area (Å²) < 4.78 is 10.8. The highest BCUT2D eigenvalue weighted by Crippen LogP contribution is 2.27. The van der Waals surface area contributed by atoms with E-state index in [-0.39, 0.29) is 48.7 Å². The van der Waals surface area contributed by atoms with Gasteiger partial charge in [-0.15, -0.1) is 0 Å². The van der Waals surface area contributed by atoms with Crippen molar-refractivity contribution in [3.8, 4) is 11.5 Å². The number of hydrogen-bond donors (Lipinski definition) is 0. The lowest BCUT2D eigenvalue weighted by molar-refractivity contribution is -0.144. The first kappa shape index (κ1) is 30.5. The molecule has 0 aliphatic carbocycles. The lowest BCUT2D eigenvalue weighted by Gasteiger charge is -2.22. The molecular formula is C34H38O6. The summed E-state index contributed by atoms with van der Waals surface area (Å²) >= 11 is 0. The summed E-state index contributed by atoms with van der Waals surface area (Å²) in [5, 5.41) is 0. The number of ketones is 2. The van der Waals surface area contributed by atoms with Crippen LogP contribution in [0.25, 0.3) is 0 Å². The molecule has 3 aromatic carbocycles. The normalized spacial score (nSPS) is 12.7. The van der Waals surface area contributed by atoms with Crippen molar-refractivity contribution in [2.75, 3.05) is 0 Å². The molecule has 0 aliphatic heterocycles. The van der Waals surface area contributed by atoms with Crippen LogP contribution in [0.5, 0.6) is 11.5 Å². The van der Waals surface area contributed by atoms with Crippen molar-refractivity contribution in [1.29, 1.82) is 0 Å². The molecule has 0 aliphatic rings. The van der Waals surface area contributed by atoms with Crippen LogP contribution in [0.15, 0.2) is 84.9 Å². The first-order valence-electron chi connectivity index (χ1n) is 13.7. The third kappa shape index (κ3) is 9.30. The van der Waals surface area contributed by atoms with Gasteiger partial charge in [0.05, 0.1) is 11.3 Å². The van der Waals surface area contributed by atoms with E-state index in [1.54, 1.807) is 69.3 Å². The van der Waals surface area contributed by atoms with Gasteiger partial charge in [0.1, 0.15) is 23.1 Å². The predicted molar refractivity (Wildman–Crippen MR) is 154 cm³/mol. The Morgan fingerprint density at radius 3 is 1.85 bits per heavy atom. The van der Waals surface area contributed by atoms with Crippen molar-refractivity contribution in [1.82, 2.24) is 0 Å². The van der Waals surface area contributed by atoms with Gasteiger partial charge in [-0.3, -0.25) is 19.2 Å². The number of hydrogen-bond acceptors (Lipinski definition) is 6. The molecule has 2 unspecified atom stereocenters. The summed E-state index contributed by atoms with van der Waals surface area (Å²) in [6, 6.07) is 25.3. The maximum atomic E-state index is 12.8. The Labute approximate surface area is 236 Å². The number of esters is 2. The van der Waals surface area contributed by atoms with E-state index in [0.29, 0.717) is 24.3 Å². The van der Waals surface area contributed by atoms with E-state index in [0.717, 1.165) is 11.1 Å². The largest absolute Gasteiger partial charge is 0.426 e. The second-order valence-electron chi connectivity index (χ2n) is 10.9. The van der Waals surface area contributed by atoms with Gasteiger partial charge in [-0.25, -0.2) is 0 Å². The second-order valence-corrected chi connectivity index (χ2v) is 10.9. The average molecular weight is 543 g/mol. The minimum atomic E-state index is -0.791. The molecule has 0 saturated heterocycles. The summed E-state index contributed by atoms with van der Waals surface area (Å²) in [7, 11) is 0. The maximum Gasteiger partial charge on any atom is 0.316 e. The van der Waals surface area contributed by atoms with Gasteiger partial charge in [0, 0.05) is 25.2 Å². The highest BCUT2D eigenvalue weighted by atomic mass is 16.5. The lowest BCUT2D eigenvalue weighted by Crippen LogP contribution is -2.29. The highest BCUT2D eigenvalue weighted by Gasteiger charge is 2.30.